The summed E-state index contributed by atoms with van der Waals surface area (Å²) in [6.07, 6.45) is 2.65. The standard InChI is InChI=1S/C27H30N2O6/c1-26(25(31)28-15-18-9-4-6-11-20(18)32-2)17-34-22-19-10-5-7-12-21(19)35-23(22)24(30)29(26)16-27(33-3)13-8-14-27/h4-7,9-12H,8,13-17H2,1-3H3,(H,28,31). The zero-order chi connectivity index (χ0) is 24.6. The van der Waals surface area contributed by atoms with Gasteiger partial charge in [-0.1, -0.05) is 30.3 Å². The summed E-state index contributed by atoms with van der Waals surface area (Å²) in [4.78, 5) is 29.2. The predicted octanol–water partition coefficient (Wildman–Crippen LogP) is 3.92. The molecule has 2 amide bonds. The number of furan rings is 1. The molecule has 1 saturated carbocycles. The van der Waals surface area contributed by atoms with E-state index in [1.807, 2.05) is 42.5 Å². The lowest BCUT2D eigenvalue weighted by molar-refractivity contribution is -0.139. The smallest absolute Gasteiger partial charge is 0.294 e. The second-order valence-corrected chi connectivity index (χ2v) is 9.45. The van der Waals surface area contributed by atoms with Gasteiger partial charge in [-0.05, 0) is 44.4 Å². The highest BCUT2D eigenvalue weighted by atomic mass is 16.5. The van der Waals surface area contributed by atoms with Crippen molar-refractivity contribution in [3.8, 4) is 11.5 Å². The van der Waals surface area contributed by atoms with Crippen molar-refractivity contribution in [2.45, 2.75) is 43.9 Å². The molecular formula is C27H30N2O6. The van der Waals surface area contributed by atoms with E-state index in [4.69, 9.17) is 18.6 Å². The van der Waals surface area contributed by atoms with Crippen molar-refractivity contribution >= 4 is 22.8 Å². The second-order valence-electron chi connectivity index (χ2n) is 9.45. The van der Waals surface area contributed by atoms with Crippen molar-refractivity contribution in [2.75, 3.05) is 27.4 Å². The Bertz CT molecular complexity index is 1260. The number of ether oxygens (including phenoxy) is 3. The van der Waals surface area contributed by atoms with Crippen LogP contribution in [0.3, 0.4) is 0 Å². The molecule has 1 N–H and O–H groups in total. The van der Waals surface area contributed by atoms with Crippen molar-refractivity contribution in [1.82, 2.24) is 10.2 Å². The topological polar surface area (TPSA) is 90.2 Å². The van der Waals surface area contributed by atoms with E-state index in [-0.39, 0.29) is 37.3 Å². The van der Waals surface area contributed by atoms with E-state index < -0.39 is 11.1 Å². The van der Waals surface area contributed by atoms with Crippen LogP contribution >= 0.6 is 0 Å². The van der Waals surface area contributed by atoms with E-state index in [9.17, 15) is 9.59 Å². The lowest BCUT2D eigenvalue weighted by atomic mass is 9.78. The van der Waals surface area contributed by atoms with Crippen LogP contribution in [-0.4, -0.2) is 55.2 Å². The molecule has 1 atom stereocenters. The molecule has 184 valence electrons. The maximum absolute atomic E-state index is 13.9. The molecule has 1 aromatic heterocycles. The van der Waals surface area contributed by atoms with Gasteiger partial charge in [-0.2, -0.15) is 0 Å². The van der Waals surface area contributed by atoms with Gasteiger partial charge in [0, 0.05) is 19.2 Å². The molecule has 0 spiro atoms. The number of para-hydroxylation sites is 2. The first kappa shape index (κ1) is 23.2. The number of hydrogen-bond acceptors (Lipinski definition) is 6. The number of fused-ring (bicyclic) bond motifs is 3. The lowest BCUT2D eigenvalue weighted by Gasteiger charge is -2.47. The minimum absolute atomic E-state index is 0.0210. The minimum atomic E-state index is -1.29. The number of amides is 2. The van der Waals surface area contributed by atoms with Crippen LogP contribution in [0.4, 0.5) is 0 Å². The number of nitrogens with zero attached hydrogens (tertiary/aromatic N) is 1. The molecule has 0 bridgehead atoms. The number of rotatable bonds is 7. The summed E-state index contributed by atoms with van der Waals surface area (Å²) >= 11 is 0. The summed E-state index contributed by atoms with van der Waals surface area (Å²) in [7, 11) is 3.25. The average Bonchev–Trinajstić information content (AvgIpc) is 3.19. The monoisotopic (exact) mass is 478 g/mol. The first-order valence-electron chi connectivity index (χ1n) is 11.8. The lowest BCUT2D eigenvalue weighted by Crippen LogP contribution is -2.65. The third kappa shape index (κ3) is 3.91. The SMILES string of the molecule is COc1ccccc1CNC(=O)C1(C)COc2c(oc3ccccc23)C(=O)N1CC1(OC)CCC1. The summed E-state index contributed by atoms with van der Waals surface area (Å²) in [5.41, 5.74) is -0.371. The first-order valence-corrected chi connectivity index (χ1v) is 11.8. The van der Waals surface area contributed by atoms with E-state index in [1.54, 1.807) is 32.1 Å². The average molecular weight is 479 g/mol. The summed E-state index contributed by atoms with van der Waals surface area (Å²) in [6, 6.07) is 14.9. The number of carbonyl (C=O) groups is 2. The Kier molecular flexibility index (Phi) is 5.92. The highest BCUT2D eigenvalue weighted by Gasteiger charge is 2.52. The normalized spacial score (nSPS) is 21.0. The predicted molar refractivity (Wildman–Crippen MR) is 130 cm³/mol. The summed E-state index contributed by atoms with van der Waals surface area (Å²) in [6.45, 7) is 2.23. The van der Waals surface area contributed by atoms with Crippen molar-refractivity contribution in [3.05, 3.63) is 59.9 Å². The van der Waals surface area contributed by atoms with Gasteiger partial charge in [0.05, 0.1) is 24.6 Å². The zero-order valence-corrected chi connectivity index (χ0v) is 20.3. The quantitative estimate of drug-likeness (QED) is 0.554. The molecule has 35 heavy (non-hydrogen) atoms. The Morgan fingerprint density at radius 1 is 1.11 bits per heavy atom. The maximum Gasteiger partial charge on any atom is 0.294 e. The fraction of sp³-hybridized carbons (Fsp3) is 0.407. The zero-order valence-electron chi connectivity index (χ0n) is 20.3. The molecule has 1 unspecified atom stereocenters. The number of methoxy groups -OCH3 is 2. The van der Waals surface area contributed by atoms with Gasteiger partial charge in [0.15, 0.2) is 11.3 Å². The van der Waals surface area contributed by atoms with Crippen molar-refractivity contribution in [3.63, 3.8) is 0 Å². The van der Waals surface area contributed by atoms with Crippen LogP contribution in [0.5, 0.6) is 11.5 Å². The molecule has 2 heterocycles. The van der Waals surface area contributed by atoms with Gasteiger partial charge in [-0.25, -0.2) is 0 Å². The third-order valence-corrected chi connectivity index (χ3v) is 7.35. The Morgan fingerprint density at radius 2 is 1.86 bits per heavy atom. The van der Waals surface area contributed by atoms with Crippen LogP contribution in [0.2, 0.25) is 0 Å². The van der Waals surface area contributed by atoms with E-state index >= 15 is 0 Å². The largest absolute Gasteiger partial charge is 0.496 e. The van der Waals surface area contributed by atoms with Crippen LogP contribution in [0, 0.1) is 0 Å². The van der Waals surface area contributed by atoms with Crippen LogP contribution in [0.1, 0.15) is 42.3 Å². The van der Waals surface area contributed by atoms with Gasteiger partial charge in [0.1, 0.15) is 17.9 Å². The van der Waals surface area contributed by atoms with Crippen LogP contribution in [-0.2, 0) is 16.1 Å². The van der Waals surface area contributed by atoms with E-state index in [0.717, 1.165) is 24.8 Å². The number of hydrogen-bond donors (Lipinski definition) is 1. The molecule has 2 aromatic carbocycles. The second kappa shape index (κ2) is 8.92. The van der Waals surface area contributed by atoms with Crippen molar-refractivity contribution in [2.24, 2.45) is 0 Å². The Balaban J connectivity index is 1.49. The van der Waals surface area contributed by atoms with Gasteiger partial charge in [-0.3, -0.25) is 9.59 Å². The highest BCUT2D eigenvalue weighted by Crippen LogP contribution is 2.42. The fourth-order valence-electron chi connectivity index (χ4n) is 4.88. The Morgan fingerprint density at radius 3 is 2.57 bits per heavy atom. The fourth-order valence-corrected chi connectivity index (χ4v) is 4.88. The summed E-state index contributed by atoms with van der Waals surface area (Å²) in [5, 5.41) is 3.70. The molecule has 8 heteroatoms. The molecule has 5 rings (SSSR count). The van der Waals surface area contributed by atoms with Gasteiger partial charge in [0.25, 0.3) is 5.91 Å². The van der Waals surface area contributed by atoms with E-state index in [2.05, 4.69) is 5.32 Å². The molecule has 1 fully saturated rings. The van der Waals surface area contributed by atoms with Crippen LogP contribution < -0.4 is 14.8 Å². The maximum atomic E-state index is 13.9. The molecule has 3 aromatic rings. The Hall–Kier alpha value is -3.52. The van der Waals surface area contributed by atoms with Crippen LogP contribution in [0.15, 0.2) is 52.9 Å². The number of nitrogens with one attached hydrogen (secondary N) is 1. The molecule has 0 saturated heterocycles. The van der Waals surface area contributed by atoms with Gasteiger partial charge < -0.3 is 28.8 Å². The first-order chi connectivity index (χ1) is 16.9. The van der Waals surface area contributed by atoms with Gasteiger partial charge in [0.2, 0.25) is 11.7 Å². The molecular weight excluding hydrogens is 448 g/mol. The molecule has 1 aliphatic carbocycles. The van der Waals surface area contributed by atoms with Gasteiger partial charge >= 0.3 is 0 Å². The number of carbonyl (C=O) groups excluding carboxylic acids is 2. The number of benzene rings is 2. The van der Waals surface area contributed by atoms with E-state index in [0.29, 0.717) is 22.5 Å². The van der Waals surface area contributed by atoms with Crippen molar-refractivity contribution in [1.29, 1.82) is 0 Å². The van der Waals surface area contributed by atoms with Crippen molar-refractivity contribution < 1.29 is 28.2 Å². The Labute approximate surface area is 204 Å². The molecule has 1 aliphatic heterocycles. The molecule has 0 radical (unpaired) electrons. The molecule has 8 nitrogen and oxygen atoms in total. The van der Waals surface area contributed by atoms with E-state index in [1.165, 1.54) is 0 Å². The molecule has 2 aliphatic rings. The highest BCUT2D eigenvalue weighted by molar-refractivity contribution is 6.04. The van der Waals surface area contributed by atoms with Gasteiger partial charge in [-0.15, -0.1) is 0 Å². The summed E-state index contributed by atoms with van der Waals surface area (Å²) < 4.78 is 23.3. The third-order valence-electron chi connectivity index (χ3n) is 7.35. The summed E-state index contributed by atoms with van der Waals surface area (Å²) in [5.74, 6) is 0.458. The van der Waals surface area contributed by atoms with Crippen LogP contribution in [0.25, 0.3) is 11.0 Å². The minimum Gasteiger partial charge on any atom is -0.496 e.